The van der Waals surface area contributed by atoms with Crippen LogP contribution >= 0.6 is 0 Å². The van der Waals surface area contributed by atoms with E-state index in [1.54, 1.807) is 18.2 Å². The average molecular weight is 615 g/mol. The fraction of sp³-hybridized carbons (Fsp3) is 0. The molecule has 0 aliphatic carbocycles. The van der Waals surface area contributed by atoms with Gasteiger partial charge in [0.1, 0.15) is 22.3 Å². The Hall–Kier alpha value is -6.88. The Labute approximate surface area is 277 Å². The van der Waals surface area contributed by atoms with Crippen LogP contribution in [0.25, 0.3) is 77.8 Å². The summed E-state index contributed by atoms with van der Waals surface area (Å²) in [5.41, 5.74) is 10.2. The van der Waals surface area contributed by atoms with E-state index in [1.807, 2.05) is 103 Å². The summed E-state index contributed by atoms with van der Waals surface area (Å²) in [5, 5.41) is 24.6. The molecule has 0 spiro atoms. The fourth-order valence-electron chi connectivity index (χ4n) is 6.51. The van der Waals surface area contributed by atoms with Crippen molar-refractivity contribution in [2.75, 3.05) is 0 Å². The van der Waals surface area contributed by atoms with E-state index < -0.39 is 0 Å². The van der Waals surface area contributed by atoms with Crippen LogP contribution in [0.5, 0.6) is 0 Å². The third-order valence-corrected chi connectivity index (χ3v) is 8.81. The van der Waals surface area contributed by atoms with Crippen molar-refractivity contribution >= 4 is 55.5 Å². The monoisotopic (exact) mass is 614 g/mol. The van der Waals surface area contributed by atoms with E-state index in [9.17, 15) is 10.5 Å². The zero-order valence-corrected chi connectivity index (χ0v) is 25.8. The Morgan fingerprint density at radius 1 is 0.583 bits per heavy atom. The van der Waals surface area contributed by atoms with Gasteiger partial charge in [0.05, 0.1) is 23.3 Å². The minimum atomic E-state index is 0.470. The van der Waals surface area contributed by atoms with Crippen LogP contribution in [0.15, 0.2) is 155 Å². The molecule has 48 heavy (non-hydrogen) atoms. The topological polar surface area (TPSA) is 73.9 Å². The van der Waals surface area contributed by atoms with Gasteiger partial charge < -0.3 is 8.83 Å². The summed E-state index contributed by atoms with van der Waals surface area (Å²) < 4.78 is 12.5. The Kier molecular flexibility index (Phi) is 7.03. The number of para-hydroxylation sites is 4. The number of nitriles is 2. The smallest absolute Gasteiger partial charge is 0.143 e. The zero-order chi connectivity index (χ0) is 32.6. The summed E-state index contributed by atoms with van der Waals surface area (Å²) in [7, 11) is 0. The molecule has 4 nitrogen and oxygen atoms in total. The summed E-state index contributed by atoms with van der Waals surface area (Å²) >= 11 is 0. The SMILES string of the molecule is C=C/C(=C\C=C\c1cc(C#N)c(-c2cccc(-c3cccc4c3oc3ccccc34)c2)cc1C#N)c1cccc2c1oc1ccccc12. The second kappa shape index (κ2) is 11.8. The standard InChI is InChI=1S/C44H26N2O2/c1-2-28(34-17-9-19-38-36-15-3-5-21-41(36)47-43(34)38)11-7-12-29-23-33(27-46)40(25-32(29)26-45)31-14-8-13-30(24-31)35-18-10-20-39-37-16-4-6-22-42(37)48-44(35)39/h2-25H,1H2/b12-7+,28-11+. The van der Waals surface area contributed by atoms with E-state index in [1.165, 1.54) is 0 Å². The first kappa shape index (κ1) is 28.6. The van der Waals surface area contributed by atoms with Gasteiger partial charge in [-0.3, -0.25) is 0 Å². The van der Waals surface area contributed by atoms with Crippen molar-refractivity contribution in [3.63, 3.8) is 0 Å². The second-order valence-electron chi connectivity index (χ2n) is 11.5. The van der Waals surface area contributed by atoms with Crippen molar-refractivity contribution in [2.45, 2.75) is 0 Å². The van der Waals surface area contributed by atoms with Gasteiger partial charge in [0.15, 0.2) is 0 Å². The largest absolute Gasteiger partial charge is 0.455 e. The first-order valence-electron chi connectivity index (χ1n) is 15.6. The summed E-state index contributed by atoms with van der Waals surface area (Å²) in [6.07, 6.45) is 7.46. The number of nitrogens with zero attached hydrogens (tertiary/aromatic N) is 2. The lowest BCUT2D eigenvalue weighted by molar-refractivity contribution is 0.667. The molecule has 0 radical (unpaired) electrons. The lowest BCUT2D eigenvalue weighted by Gasteiger charge is -2.10. The average Bonchev–Trinajstić information content (AvgIpc) is 3.72. The van der Waals surface area contributed by atoms with E-state index >= 15 is 0 Å². The molecule has 2 aromatic heterocycles. The van der Waals surface area contributed by atoms with E-state index in [0.717, 1.165) is 71.7 Å². The van der Waals surface area contributed by atoms with Crippen molar-refractivity contribution in [1.82, 2.24) is 0 Å². The summed E-state index contributed by atoms with van der Waals surface area (Å²) in [6.45, 7) is 4.04. The molecule has 0 saturated heterocycles. The first-order valence-corrected chi connectivity index (χ1v) is 15.6. The molecule has 2 heterocycles. The molecule has 0 fully saturated rings. The quantitative estimate of drug-likeness (QED) is 0.175. The molecule has 0 N–H and O–H groups in total. The number of allylic oxidation sites excluding steroid dienone is 4. The van der Waals surface area contributed by atoms with Crippen LogP contribution in [0.3, 0.4) is 0 Å². The predicted octanol–water partition coefficient (Wildman–Crippen LogP) is 11.8. The molecule has 6 aromatic carbocycles. The molecule has 0 amide bonds. The summed E-state index contributed by atoms with van der Waals surface area (Å²) in [5.74, 6) is 0. The van der Waals surface area contributed by atoms with Gasteiger partial charge in [-0.1, -0.05) is 122 Å². The van der Waals surface area contributed by atoms with Crippen LogP contribution in [0.2, 0.25) is 0 Å². The highest BCUT2D eigenvalue weighted by atomic mass is 16.3. The summed E-state index contributed by atoms with van der Waals surface area (Å²) in [6, 6.07) is 44.5. The van der Waals surface area contributed by atoms with Crippen LogP contribution in [0.4, 0.5) is 0 Å². The van der Waals surface area contributed by atoms with E-state index in [-0.39, 0.29) is 0 Å². The van der Waals surface area contributed by atoms with Crippen LogP contribution in [0, 0.1) is 22.7 Å². The molecular formula is C44H26N2O2. The molecule has 0 atom stereocenters. The number of fused-ring (bicyclic) bond motifs is 6. The van der Waals surface area contributed by atoms with Crippen molar-refractivity contribution in [1.29, 1.82) is 10.5 Å². The maximum Gasteiger partial charge on any atom is 0.143 e. The van der Waals surface area contributed by atoms with E-state index in [4.69, 9.17) is 8.83 Å². The first-order chi connectivity index (χ1) is 23.7. The fourth-order valence-corrected chi connectivity index (χ4v) is 6.51. The van der Waals surface area contributed by atoms with Gasteiger partial charge in [-0.05, 0) is 52.6 Å². The Morgan fingerprint density at radius 3 is 1.90 bits per heavy atom. The third kappa shape index (κ3) is 4.77. The summed E-state index contributed by atoms with van der Waals surface area (Å²) in [4.78, 5) is 0. The molecule has 224 valence electrons. The lowest BCUT2D eigenvalue weighted by Crippen LogP contribution is -1.91. The highest BCUT2D eigenvalue weighted by molar-refractivity contribution is 6.10. The molecular weight excluding hydrogens is 588 g/mol. The van der Waals surface area contributed by atoms with Gasteiger partial charge in [0, 0.05) is 38.2 Å². The molecule has 0 aliphatic heterocycles. The normalized spacial score (nSPS) is 11.8. The number of benzene rings is 6. The van der Waals surface area contributed by atoms with E-state index in [0.29, 0.717) is 22.3 Å². The zero-order valence-electron chi connectivity index (χ0n) is 25.8. The second-order valence-corrected chi connectivity index (χ2v) is 11.5. The Balaban J connectivity index is 1.16. The van der Waals surface area contributed by atoms with Crippen LogP contribution in [-0.2, 0) is 0 Å². The number of hydrogen-bond donors (Lipinski definition) is 0. The van der Waals surface area contributed by atoms with Gasteiger partial charge >= 0.3 is 0 Å². The maximum absolute atomic E-state index is 10.2. The van der Waals surface area contributed by atoms with Crippen molar-refractivity contribution in [2.24, 2.45) is 0 Å². The molecule has 0 saturated carbocycles. The molecule has 0 bridgehead atoms. The Bertz CT molecular complexity index is 2720. The number of rotatable bonds is 6. The highest BCUT2D eigenvalue weighted by Crippen LogP contribution is 2.38. The van der Waals surface area contributed by atoms with Crippen molar-refractivity contribution in [3.05, 3.63) is 168 Å². The maximum atomic E-state index is 10.2. The van der Waals surface area contributed by atoms with Crippen LogP contribution < -0.4 is 0 Å². The third-order valence-electron chi connectivity index (χ3n) is 8.81. The van der Waals surface area contributed by atoms with Gasteiger partial charge in [-0.2, -0.15) is 10.5 Å². The number of furan rings is 2. The Morgan fingerprint density at radius 2 is 1.19 bits per heavy atom. The predicted molar refractivity (Wildman–Crippen MR) is 195 cm³/mol. The molecule has 8 aromatic rings. The minimum Gasteiger partial charge on any atom is -0.455 e. The van der Waals surface area contributed by atoms with Crippen molar-refractivity contribution in [3.8, 4) is 34.4 Å². The van der Waals surface area contributed by atoms with Gasteiger partial charge in [-0.25, -0.2) is 0 Å². The minimum absolute atomic E-state index is 0.470. The van der Waals surface area contributed by atoms with E-state index in [2.05, 4.69) is 43.0 Å². The molecule has 0 aliphatic rings. The number of hydrogen-bond acceptors (Lipinski definition) is 4. The molecule has 4 heteroatoms. The van der Waals surface area contributed by atoms with Crippen molar-refractivity contribution < 1.29 is 8.83 Å². The van der Waals surface area contributed by atoms with Gasteiger partial charge in [0.25, 0.3) is 0 Å². The molecule has 8 rings (SSSR count). The van der Waals surface area contributed by atoms with Gasteiger partial charge in [0.2, 0.25) is 0 Å². The van der Waals surface area contributed by atoms with Crippen LogP contribution in [-0.4, -0.2) is 0 Å². The van der Waals surface area contributed by atoms with Crippen LogP contribution in [0.1, 0.15) is 22.3 Å². The molecule has 0 unspecified atom stereocenters. The highest BCUT2D eigenvalue weighted by Gasteiger charge is 2.15. The lowest BCUT2D eigenvalue weighted by atomic mass is 9.92. The van der Waals surface area contributed by atoms with Gasteiger partial charge in [-0.15, -0.1) is 0 Å².